The molecule has 1 aliphatic rings. The Morgan fingerprint density at radius 1 is 1.40 bits per heavy atom. The number of nitrogens with two attached hydrogens (primary N) is 1. The first-order chi connectivity index (χ1) is 9.53. The second-order valence-corrected chi connectivity index (χ2v) is 7.13. The van der Waals surface area contributed by atoms with Gasteiger partial charge in [-0.3, -0.25) is 4.90 Å². The van der Waals surface area contributed by atoms with Crippen molar-refractivity contribution in [1.82, 2.24) is 14.6 Å². The Balaban J connectivity index is 1.91. The molecule has 4 N–H and O–H groups in total. The predicted octanol–water partition coefficient (Wildman–Crippen LogP) is 0.626. The molecule has 1 aromatic heterocycles. The van der Waals surface area contributed by atoms with Gasteiger partial charge in [-0.15, -0.1) is 0 Å². The normalized spacial score (nSPS) is 19.1. The lowest BCUT2D eigenvalue weighted by molar-refractivity contribution is 0.175. The van der Waals surface area contributed by atoms with Crippen LogP contribution in [-0.4, -0.2) is 44.0 Å². The fourth-order valence-corrected chi connectivity index (χ4v) is 3.63. The molecular weight excluding hydrogens is 276 g/mol. The summed E-state index contributed by atoms with van der Waals surface area (Å²) in [5, 5.41) is 0. The summed E-state index contributed by atoms with van der Waals surface area (Å²) < 4.78 is 27.0. The van der Waals surface area contributed by atoms with Crippen molar-refractivity contribution in [3.8, 4) is 0 Å². The van der Waals surface area contributed by atoms with E-state index in [0.29, 0.717) is 13.1 Å². The summed E-state index contributed by atoms with van der Waals surface area (Å²) in [6.07, 6.45) is 5.17. The van der Waals surface area contributed by atoms with E-state index in [0.717, 1.165) is 18.8 Å². The molecule has 0 bridgehead atoms. The molecule has 1 atom stereocenters. The van der Waals surface area contributed by atoms with Crippen LogP contribution in [0.4, 0.5) is 0 Å². The van der Waals surface area contributed by atoms with E-state index in [-0.39, 0.29) is 10.9 Å². The average molecular weight is 300 g/mol. The smallest absolute Gasteiger partial charge is 0.242 e. The molecule has 1 fully saturated rings. The number of sulfonamides is 1. The minimum Gasteiger partial charge on any atom is -0.363 e. The zero-order chi connectivity index (χ0) is 14.6. The van der Waals surface area contributed by atoms with Crippen molar-refractivity contribution in [3.05, 3.63) is 18.0 Å². The summed E-state index contributed by atoms with van der Waals surface area (Å²) in [4.78, 5) is 5.45. The van der Waals surface area contributed by atoms with Crippen molar-refractivity contribution in [2.45, 2.75) is 43.7 Å². The lowest BCUT2D eigenvalue weighted by Crippen LogP contribution is -2.44. The number of H-pyrrole nitrogens is 1. The molecule has 1 saturated heterocycles. The fraction of sp³-hybridized carbons (Fsp3) is 0.692. The van der Waals surface area contributed by atoms with Crippen molar-refractivity contribution in [2.24, 2.45) is 5.73 Å². The lowest BCUT2D eigenvalue weighted by atomic mass is 10.1. The van der Waals surface area contributed by atoms with Gasteiger partial charge in [0.05, 0.1) is 4.90 Å². The van der Waals surface area contributed by atoms with Crippen LogP contribution in [0.15, 0.2) is 17.2 Å². The molecule has 114 valence electrons. The van der Waals surface area contributed by atoms with Gasteiger partial charge in [0.25, 0.3) is 0 Å². The Labute approximate surface area is 120 Å². The molecular formula is C13H24N4O2S. The van der Waals surface area contributed by atoms with Gasteiger partial charge in [-0.2, -0.15) is 0 Å². The van der Waals surface area contributed by atoms with Crippen LogP contribution in [0.2, 0.25) is 0 Å². The highest BCUT2D eigenvalue weighted by atomic mass is 32.2. The molecule has 0 spiro atoms. The van der Waals surface area contributed by atoms with Crippen LogP contribution in [0, 0.1) is 0 Å². The molecule has 6 nitrogen and oxygen atoms in total. The maximum absolute atomic E-state index is 12.2. The SMILES string of the molecule is CC(CNS(=O)(=O)c1c[nH]c(CN)c1)N1CCCCC1. The Kier molecular flexibility index (Phi) is 5.20. The third kappa shape index (κ3) is 3.82. The zero-order valence-corrected chi connectivity index (χ0v) is 12.7. The Morgan fingerprint density at radius 3 is 2.70 bits per heavy atom. The Hall–Kier alpha value is -0.890. The lowest BCUT2D eigenvalue weighted by Gasteiger charge is -2.32. The van der Waals surface area contributed by atoms with E-state index in [1.54, 1.807) is 6.07 Å². The molecule has 1 aromatic rings. The molecule has 2 heterocycles. The number of aromatic nitrogens is 1. The number of aromatic amines is 1. The van der Waals surface area contributed by atoms with E-state index in [4.69, 9.17) is 5.73 Å². The predicted molar refractivity (Wildman–Crippen MR) is 78.8 cm³/mol. The monoisotopic (exact) mass is 300 g/mol. The van der Waals surface area contributed by atoms with Gasteiger partial charge in [0, 0.05) is 31.0 Å². The first-order valence-corrected chi connectivity index (χ1v) is 8.62. The molecule has 7 heteroatoms. The van der Waals surface area contributed by atoms with Gasteiger partial charge in [-0.1, -0.05) is 6.42 Å². The molecule has 0 radical (unpaired) electrons. The number of rotatable bonds is 6. The van der Waals surface area contributed by atoms with Crippen LogP contribution in [0.5, 0.6) is 0 Å². The highest BCUT2D eigenvalue weighted by molar-refractivity contribution is 7.89. The van der Waals surface area contributed by atoms with Crippen LogP contribution in [-0.2, 0) is 16.6 Å². The van der Waals surface area contributed by atoms with E-state index in [1.165, 1.54) is 25.5 Å². The Morgan fingerprint density at radius 2 is 2.10 bits per heavy atom. The van der Waals surface area contributed by atoms with Gasteiger partial charge in [-0.25, -0.2) is 13.1 Å². The van der Waals surface area contributed by atoms with E-state index < -0.39 is 10.0 Å². The third-order valence-corrected chi connectivity index (χ3v) is 5.23. The number of likely N-dealkylation sites (tertiary alicyclic amines) is 1. The van der Waals surface area contributed by atoms with Crippen LogP contribution >= 0.6 is 0 Å². The van der Waals surface area contributed by atoms with E-state index in [9.17, 15) is 8.42 Å². The summed E-state index contributed by atoms with van der Waals surface area (Å²) in [5.74, 6) is 0. The number of nitrogens with one attached hydrogen (secondary N) is 2. The third-order valence-electron chi connectivity index (χ3n) is 3.83. The first kappa shape index (κ1) is 15.5. The molecule has 0 aliphatic carbocycles. The molecule has 1 unspecified atom stereocenters. The topological polar surface area (TPSA) is 91.2 Å². The number of piperidine rings is 1. The van der Waals surface area contributed by atoms with Gasteiger partial charge >= 0.3 is 0 Å². The van der Waals surface area contributed by atoms with Gasteiger partial charge in [0.15, 0.2) is 0 Å². The summed E-state index contributed by atoms with van der Waals surface area (Å²) in [7, 11) is -3.45. The second kappa shape index (κ2) is 6.71. The summed E-state index contributed by atoms with van der Waals surface area (Å²) in [6.45, 7) is 4.93. The van der Waals surface area contributed by atoms with Gasteiger partial charge in [0.2, 0.25) is 10.0 Å². The highest BCUT2D eigenvalue weighted by Crippen LogP contribution is 2.13. The zero-order valence-electron chi connectivity index (χ0n) is 11.9. The fourth-order valence-electron chi connectivity index (χ4n) is 2.49. The summed E-state index contributed by atoms with van der Waals surface area (Å²) in [5.41, 5.74) is 6.19. The van der Waals surface area contributed by atoms with E-state index >= 15 is 0 Å². The van der Waals surface area contributed by atoms with Crippen molar-refractivity contribution in [2.75, 3.05) is 19.6 Å². The second-order valence-electron chi connectivity index (χ2n) is 5.36. The number of hydrogen-bond acceptors (Lipinski definition) is 4. The molecule has 20 heavy (non-hydrogen) atoms. The minimum atomic E-state index is -3.45. The molecule has 0 saturated carbocycles. The van der Waals surface area contributed by atoms with Crippen LogP contribution in [0.1, 0.15) is 31.9 Å². The Bertz CT molecular complexity index is 520. The van der Waals surface area contributed by atoms with Crippen molar-refractivity contribution < 1.29 is 8.42 Å². The maximum Gasteiger partial charge on any atom is 0.242 e. The first-order valence-electron chi connectivity index (χ1n) is 7.14. The molecule has 0 aromatic carbocycles. The van der Waals surface area contributed by atoms with Crippen molar-refractivity contribution >= 4 is 10.0 Å². The summed E-state index contributed by atoms with van der Waals surface area (Å²) >= 11 is 0. The minimum absolute atomic E-state index is 0.220. The van der Waals surface area contributed by atoms with Gasteiger partial charge in [-0.05, 0) is 38.9 Å². The quantitative estimate of drug-likeness (QED) is 0.718. The van der Waals surface area contributed by atoms with Crippen LogP contribution in [0.3, 0.4) is 0 Å². The summed E-state index contributed by atoms with van der Waals surface area (Å²) in [6, 6.07) is 1.80. The number of hydrogen-bond donors (Lipinski definition) is 3. The maximum atomic E-state index is 12.2. The molecule has 2 rings (SSSR count). The van der Waals surface area contributed by atoms with Gasteiger partial charge in [0.1, 0.15) is 0 Å². The van der Waals surface area contributed by atoms with Crippen LogP contribution in [0.25, 0.3) is 0 Å². The standard InChI is InChI=1S/C13H24N4O2S/c1-11(17-5-3-2-4-6-17)9-16-20(18,19)13-7-12(8-14)15-10-13/h7,10-11,15-16H,2-6,8-9,14H2,1H3. The largest absolute Gasteiger partial charge is 0.363 e. The highest BCUT2D eigenvalue weighted by Gasteiger charge is 2.20. The number of nitrogens with zero attached hydrogens (tertiary/aromatic N) is 1. The van der Waals surface area contributed by atoms with Crippen molar-refractivity contribution in [1.29, 1.82) is 0 Å². The van der Waals surface area contributed by atoms with Crippen molar-refractivity contribution in [3.63, 3.8) is 0 Å². The van der Waals surface area contributed by atoms with Crippen LogP contribution < -0.4 is 10.5 Å². The molecule has 1 aliphatic heterocycles. The average Bonchev–Trinajstić information content (AvgIpc) is 2.95. The van der Waals surface area contributed by atoms with Gasteiger partial charge < -0.3 is 10.7 Å². The molecule has 0 amide bonds. The van der Waals surface area contributed by atoms with E-state index in [2.05, 4.69) is 21.5 Å². The van der Waals surface area contributed by atoms with E-state index in [1.807, 2.05) is 0 Å².